The predicted octanol–water partition coefficient (Wildman–Crippen LogP) is 5.73. The van der Waals surface area contributed by atoms with Crippen LogP contribution in [-0.2, 0) is 6.42 Å². The van der Waals surface area contributed by atoms with Gasteiger partial charge in [0.2, 0.25) is 0 Å². The number of nitrogens with zero attached hydrogens (tertiary/aromatic N) is 3. The summed E-state index contributed by atoms with van der Waals surface area (Å²) in [5.74, 6) is -1.13. The van der Waals surface area contributed by atoms with E-state index in [1.165, 1.54) is 19.2 Å². The highest BCUT2D eigenvalue weighted by Gasteiger charge is 2.48. The van der Waals surface area contributed by atoms with E-state index in [4.69, 9.17) is 4.74 Å². The molecule has 8 heteroatoms. The van der Waals surface area contributed by atoms with Gasteiger partial charge < -0.3 is 20.1 Å². The standard InChI is InChI=1S/C29H30F2N4O2/c1-5-16-7-6-8-17-11-18(36)12-19(22(16)17)23-21(30)13-20-25(24(23)31)32-27(37-4)33-26(20)35-14-28(2)9-10-29(3,15-35)34-28/h6-8,11-13,34,36H,5,9-10,14-15H2,1-4H3. The summed E-state index contributed by atoms with van der Waals surface area (Å²) >= 11 is 0. The Kier molecular flexibility index (Phi) is 5.32. The number of halogens is 2. The minimum absolute atomic E-state index is 0.00934. The van der Waals surface area contributed by atoms with Crippen LogP contribution < -0.4 is 15.0 Å². The number of hydrogen-bond donors (Lipinski definition) is 2. The summed E-state index contributed by atoms with van der Waals surface area (Å²) in [6.07, 6.45) is 2.70. The molecule has 2 aliphatic rings. The van der Waals surface area contributed by atoms with Crippen LogP contribution in [0.3, 0.4) is 0 Å². The van der Waals surface area contributed by atoms with Gasteiger partial charge in [0.05, 0.1) is 12.7 Å². The maximum absolute atomic E-state index is 16.4. The summed E-state index contributed by atoms with van der Waals surface area (Å²) in [6, 6.07) is 10.0. The molecule has 1 aromatic heterocycles. The van der Waals surface area contributed by atoms with Crippen molar-refractivity contribution in [3.63, 3.8) is 0 Å². The Morgan fingerprint density at radius 2 is 1.81 bits per heavy atom. The van der Waals surface area contributed by atoms with Gasteiger partial charge in [-0.15, -0.1) is 0 Å². The second kappa shape index (κ2) is 8.25. The normalized spacial score (nSPS) is 23.2. The number of benzene rings is 3. The van der Waals surface area contributed by atoms with Gasteiger partial charge in [0.25, 0.3) is 0 Å². The van der Waals surface area contributed by atoms with E-state index in [0.717, 1.165) is 18.4 Å². The molecule has 3 heterocycles. The van der Waals surface area contributed by atoms with Crippen molar-refractivity contribution in [2.75, 3.05) is 25.1 Å². The van der Waals surface area contributed by atoms with Gasteiger partial charge in [0, 0.05) is 29.6 Å². The number of piperazine rings is 1. The van der Waals surface area contributed by atoms with Crippen molar-refractivity contribution < 1.29 is 18.6 Å². The third-order valence-corrected chi connectivity index (χ3v) is 7.93. The van der Waals surface area contributed by atoms with E-state index in [0.29, 0.717) is 47.1 Å². The zero-order valence-corrected chi connectivity index (χ0v) is 21.5. The van der Waals surface area contributed by atoms with Gasteiger partial charge in [-0.05, 0) is 73.2 Å². The highest BCUT2D eigenvalue weighted by Crippen LogP contribution is 2.43. The van der Waals surface area contributed by atoms with Crippen LogP contribution in [0.1, 0.15) is 39.2 Å². The number of fused-ring (bicyclic) bond motifs is 4. The molecule has 2 bridgehead atoms. The molecule has 0 spiro atoms. The van der Waals surface area contributed by atoms with Crippen molar-refractivity contribution in [1.82, 2.24) is 15.3 Å². The van der Waals surface area contributed by atoms with E-state index in [9.17, 15) is 5.11 Å². The Bertz CT molecular complexity index is 1560. The van der Waals surface area contributed by atoms with Crippen LogP contribution in [0.25, 0.3) is 32.8 Å². The van der Waals surface area contributed by atoms with Crippen LogP contribution in [0.15, 0.2) is 36.4 Å². The molecule has 2 unspecified atom stereocenters. The van der Waals surface area contributed by atoms with Crippen molar-refractivity contribution in [3.05, 3.63) is 53.6 Å². The van der Waals surface area contributed by atoms with Gasteiger partial charge in [-0.1, -0.05) is 25.1 Å². The summed E-state index contributed by atoms with van der Waals surface area (Å²) in [6.45, 7) is 7.63. The van der Waals surface area contributed by atoms with Gasteiger partial charge in [0.15, 0.2) is 5.82 Å². The first-order chi connectivity index (χ1) is 17.6. The molecule has 4 aromatic rings. The van der Waals surface area contributed by atoms with Crippen LogP contribution in [0.5, 0.6) is 11.8 Å². The second-order valence-corrected chi connectivity index (χ2v) is 10.9. The van der Waals surface area contributed by atoms with Crippen LogP contribution in [0.2, 0.25) is 0 Å². The molecule has 2 saturated heterocycles. The molecule has 2 N–H and O–H groups in total. The molecule has 192 valence electrons. The number of phenolic OH excluding ortho intramolecular Hbond substituents is 1. The quantitative estimate of drug-likeness (QED) is 0.370. The summed E-state index contributed by atoms with van der Waals surface area (Å²) in [7, 11) is 1.44. The van der Waals surface area contributed by atoms with Crippen LogP contribution in [0, 0.1) is 11.6 Å². The largest absolute Gasteiger partial charge is 0.508 e. The number of rotatable bonds is 4. The van der Waals surface area contributed by atoms with Gasteiger partial charge in [-0.25, -0.2) is 8.78 Å². The third kappa shape index (κ3) is 3.77. The maximum Gasteiger partial charge on any atom is 0.318 e. The summed E-state index contributed by atoms with van der Waals surface area (Å²) in [5, 5.41) is 15.9. The fourth-order valence-corrected chi connectivity index (χ4v) is 6.41. The molecule has 37 heavy (non-hydrogen) atoms. The number of hydrogen-bond acceptors (Lipinski definition) is 6. The number of aryl methyl sites for hydroxylation is 1. The number of aromatic hydroxyl groups is 1. The first-order valence-electron chi connectivity index (χ1n) is 12.7. The fourth-order valence-electron chi connectivity index (χ4n) is 6.41. The Morgan fingerprint density at radius 3 is 2.49 bits per heavy atom. The number of methoxy groups -OCH3 is 1. The van der Waals surface area contributed by atoms with Crippen LogP contribution in [-0.4, -0.2) is 46.4 Å². The monoisotopic (exact) mass is 504 g/mol. The lowest BCUT2D eigenvalue weighted by atomic mass is 9.92. The highest BCUT2D eigenvalue weighted by molar-refractivity contribution is 6.03. The van der Waals surface area contributed by atoms with Crippen LogP contribution >= 0.6 is 0 Å². The topological polar surface area (TPSA) is 70.5 Å². The number of anilines is 1. The molecule has 2 aliphatic heterocycles. The molecule has 3 aromatic carbocycles. The second-order valence-electron chi connectivity index (χ2n) is 10.9. The molecule has 0 amide bonds. The maximum atomic E-state index is 16.4. The molecule has 6 rings (SSSR count). The molecular weight excluding hydrogens is 474 g/mol. The molecule has 0 radical (unpaired) electrons. The lowest BCUT2D eigenvalue weighted by Crippen LogP contribution is -2.63. The first-order valence-corrected chi connectivity index (χ1v) is 12.7. The minimum atomic E-state index is -0.801. The van der Waals surface area contributed by atoms with Crippen molar-refractivity contribution in [2.45, 2.75) is 51.1 Å². The predicted molar refractivity (Wildman–Crippen MR) is 141 cm³/mol. The summed E-state index contributed by atoms with van der Waals surface area (Å²) in [4.78, 5) is 11.0. The van der Waals surface area contributed by atoms with Crippen molar-refractivity contribution in [3.8, 4) is 22.9 Å². The fraction of sp³-hybridized carbons (Fsp3) is 0.379. The molecule has 0 saturated carbocycles. The SMILES string of the molecule is CCc1cccc2cc(O)cc(-c3c(F)cc4c(N5CC6(C)CCC(C)(C5)N6)nc(OC)nc4c3F)c12. The number of phenols is 1. The molecule has 6 nitrogen and oxygen atoms in total. The minimum Gasteiger partial charge on any atom is -0.508 e. The zero-order chi connectivity index (χ0) is 26.1. The van der Waals surface area contributed by atoms with Crippen molar-refractivity contribution >= 4 is 27.5 Å². The van der Waals surface area contributed by atoms with E-state index in [2.05, 4.69) is 34.0 Å². The van der Waals surface area contributed by atoms with Gasteiger partial charge in [0.1, 0.15) is 22.9 Å². The average Bonchev–Trinajstić information content (AvgIpc) is 3.09. The van der Waals surface area contributed by atoms with Crippen LogP contribution in [0.4, 0.5) is 14.6 Å². The summed E-state index contributed by atoms with van der Waals surface area (Å²) < 4.78 is 37.7. The van der Waals surface area contributed by atoms with Crippen molar-refractivity contribution in [2.24, 2.45) is 0 Å². The molecule has 0 aliphatic carbocycles. The molecular formula is C29H30F2N4O2. The first kappa shape index (κ1) is 23.9. The van der Waals surface area contributed by atoms with E-state index < -0.39 is 11.6 Å². The lowest BCUT2D eigenvalue weighted by Gasteiger charge is -2.44. The van der Waals surface area contributed by atoms with Crippen molar-refractivity contribution in [1.29, 1.82) is 0 Å². The number of aromatic nitrogens is 2. The summed E-state index contributed by atoms with van der Waals surface area (Å²) in [5.41, 5.74) is 0.760. The van der Waals surface area contributed by atoms with E-state index >= 15 is 8.78 Å². The van der Waals surface area contributed by atoms with E-state index in [1.807, 2.05) is 25.1 Å². The average molecular weight is 505 g/mol. The highest BCUT2D eigenvalue weighted by atomic mass is 19.1. The van der Waals surface area contributed by atoms with E-state index in [-0.39, 0.29) is 33.9 Å². The molecule has 2 fully saturated rings. The zero-order valence-electron chi connectivity index (χ0n) is 21.5. The Hall–Kier alpha value is -3.52. The molecule has 2 atom stereocenters. The van der Waals surface area contributed by atoms with Gasteiger partial charge >= 0.3 is 6.01 Å². The third-order valence-electron chi connectivity index (χ3n) is 7.93. The van der Waals surface area contributed by atoms with E-state index in [1.54, 1.807) is 6.07 Å². The Morgan fingerprint density at radius 1 is 1.08 bits per heavy atom. The Labute approximate surface area is 214 Å². The van der Waals surface area contributed by atoms with Gasteiger partial charge in [-0.2, -0.15) is 9.97 Å². The number of nitrogens with one attached hydrogen (secondary N) is 1. The number of ether oxygens (including phenoxy) is 1. The Balaban J connectivity index is 1.61. The lowest BCUT2D eigenvalue weighted by molar-refractivity contribution is 0.281. The smallest absolute Gasteiger partial charge is 0.318 e. The van der Waals surface area contributed by atoms with Gasteiger partial charge in [-0.3, -0.25) is 0 Å².